The van der Waals surface area contributed by atoms with E-state index in [0.29, 0.717) is 13.1 Å². The third-order valence-corrected chi connectivity index (χ3v) is 3.26. The van der Waals surface area contributed by atoms with Crippen LogP contribution in [0.1, 0.15) is 15.9 Å². The molecule has 0 aliphatic heterocycles. The fourth-order valence-electron chi connectivity index (χ4n) is 1.92. The van der Waals surface area contributed by atoms with E-state index in [-0.39, 0.29) is 5.78 Å². The molecule has 0 amide bonds. The van der Waals surface area contributed by atoms with Gasteiger partial charge in [0.1, 0.15) is 0 Å². The third-order valence-electron chi connectivity index (χ3n) is 2.77. The molecule has 4 nitrogen and oxygen atoms in total. The molecule has 0 saturated heterocycles. The Morgan fingerprint density at radius 1 is 1.47 bits per heavy atom. The maximum absolute atomic E-state index is 12.1. The zero-order chi connectivity index (χ0) is 13.8. The summed E-state index contributed by atoms with van der Waals surface area (Å²) in [6, 6.07) is 7.47. The Bertz CT molecular complexity index is 580. The van der Waals surface area contributed by atoms with Crippen LogP contribution < -0.4 is 0 Å². The van der Waals surface area contributed by atoms with E-state index in [9.17, 15) is 4.79 Å². The molecule has 5 heteroatoms. The number of aromatic nitrogens is 2. The molecule has 0 bridgehead atoms. The predicted octanol–water partition coefficient (Wildman–Crippen LogP) is 2.50. The van der Waals surface area contributed by atoms with E-state index >= 15 is 0 Å². The summed E-state index contributed by atoms with van der Waals surface area (Å²) >= 11 is 3.38. The first-order valence-electron chi connectivity index (χ1n) is 5.99. The van der Waals surface area contributed by atoms with Gasteiger partial charge in [-0.3, -0.25) is 14.4 Å². The van der Waals surface area contributed by atoms with Gasteiger partial charge in [-0.15, -0.1) is 0 Å². The van der Waals surface area contributed by atoms with Gasteiger partial charge in [-0.2, -0.15) is 5.10 Å². The van der Waals surface area contributed by atoms with Gasteiger partial charge in [0, 0.05) is 35.4 Å². The van der Waals surface area contributed by atoms with Crippen LogP contribution in [0.3, 0.4) is 0 Å². The highest BCUT2D eigenvalue weighted by Crippen LogP contribution is 2.12. The Kier molecular flexibility index (Phi) is 4.50. The summed E-state index contributed by atoms with van der Waals surface area (Å²) < 4.78 is 2.69. The predicted molar refractivity (Wildman–Crippen MR) is 78.0 cm³/mol. The highest BCUT2D eigenvalue weighted by Gasteiger charge is 2.10. The fraction of sp³-hybridized carbons (Fsp3) is 0.286. The van der Waals surface area contributed by atoms with Crippen LogP contribution in [-0.2, 0) is 13.6 Å². The van der Waals surface area contributed by atoms with Crippen LogP contribution in [0, 0.1) is 0 Å². The van der Waals surface area contributed by atoms with Crippen LogP contribution in [0.25, 0.3) is 0 Å². The monoisotopic (exact) mass is 321 g/mol. The molecule has 1 aromatic carbocycles. The molecule has 0 atom stereocenters. The number of Topliss-reactive ketones (excluding diaryl/α,β-unsaturated/α-hetero) is 1. The topological polar surface area (TPSA) is 38.1 Å². The minimum Gasteiger partial charge on any atom is -0.294 e. The lowest BCUT2D eigenvalue weighted by molar-refractivity contribution is 0.0943. The highest BCUT2D eigenvalue weighted by molar-refractivity contribution is 9.10. The van der Waals surface area contributed by atoms with E-state index in [1.807, 2.05) is 55.7 Å². The van der Waals surface area contributed by atoms with Crippen LogP contribution in [0.2, 0.25) is 0 Å². The molecule has 2 aromatic rings. The number of rotatable bonds is 5. The van der Waals surface area contributed by atoms with Gasteiger partial charge in [0.15, 0.2) is 5.78 Å². The molecule has 100 valence electrons. The average Bonchev–Trinajstić information content (AvgIpc) is 2.74. The number of likely N-dealkylation sites (N-methyl/N-ethyl adjacent to an activating group) is 1. The van der Waals surface area contributed by atoms with Crippen molar-refractivity contribution < 1.29 is 4.79 Å². The molecule has 0 N–H and O–H groups in total. The Morgan fingerprint density at radius 3 is 2.89 bits per heavy atom. The molecule has 0 fully saturated rings. The van der Waals surface area contributed by atoms with Gasteiger partial charge in [0.05, 0.1) is 12.7 Å². The van der Waals surface area contributed by atoms with E-state index in [1.54, 1.807) is 4.68 Å². The molecule has 19 heavy (non-hydrogen) atoms. The normalized spacial score (nSPS) is 10.9. The molecule has 0 saturated carbocycles. The number of halogens is 1. The van der Waals surface area contributed by atoms with Crippen LogP contribution >= 0.6 is 15.9 Å². The molecule has 1 heterocycles. The molecule has 2 rings (SSSR count). The zero-order valence-electron chi connectivity index (χ0n) is 11.0. The minimum absolute atomic E-state index is 0.118. The quantitative estimate of drug-likeness (QED) is 0.794. The molecule has 0 aliphatic rings. The van der Waals surface area contributed by atoms with Gasteiger partial charge in [-0.25, -0.2) is 0 Å². The average molecular weight is 322 g/mol. The van der Waals surface area contributed by atoms with Crippen molar-refractivity contribution in [2.24, 2.45) is 7.05 Å². The second-order valence-electron chi connectivity index (χ2n) is 4.63. The summed E-state index contributed by atoms with van der Waals surface area (Å²) in [6.45, 7) is 1.11. The smallest absolute Gasteiger partial charge is 0.176 e. The number of carbonyl (C=O) groups is 1. The van der Waals surface area contributed by atoms with Crippen molar-refractivity contribution in [1.29, 1.82) is 0 Å². The second kappa shape index (κ2) is 6.12. The highest BCUT2D eigenvalue weighted by atomic mass is 79.9. The first-order valence-corrected chi connectivity index (χ1v) is 6.79. The van der Waals surface area contributed by atoms with Crippen molar-refractivity contribution in [2.45, 2.75) is 6.54 Å². The Morgan fingerprint density at radius 2 is 2.26 bits per heavy atom. The van der Waals surface area contributed by atoms with E-state index < -0.39 is 0 Å². The molecular weight excluding hydrogens is 306 g/mol. The van der Waals surface area contributed by atoms with E-state index in [1.165, 1.54) is 0 Å². The summed E-state index contributed by atoms with van der Waals surface area (Å²) in [5, 5.41) is 4.12. The summed E-state index contributed by atoms with van der Waals surface area (Å²) in [4.78, 5) is 14.1. The van der Waals surface area contributed by atoms with Gasteiger partial charge in [-0.05, 0) is 19.2 Å². The van der Waals surface area contributed by atoms with Crippen LogP contribution in [0.4, 0.5) is 0 Å². The Labute approximate surface area is 121 Å². The Hall–Kier alpha value is -1.46. The van der Waals surface area contributed by atoms with Gasteiger partial charge >= 0.3 is 0 Å². The summed E-state index contributed by atoms with van der Waals surface area (Å²) in [5.74, 6) is 0.118. The molecular formula is C14H16BrN3O. The largest absolute Gasteiger partial charge is 0.294 e. The first kappa shape index (κ1) is 14.0. The summed E-state index contributed by atoms with van der Waals surface area (Å²) in [5.41, 5.74) is 1.83. The molecule has 1 aromatic heterocycles. The van der Waals surface area contributed by atoms with E-state index in [0.717, 1.165) is 15.6 Å². The van der Waals surface area contributed by atoms with Gasteiger partial charge in [-0.1, -0.05) is 28.1 Å². The SMILES string of the molecule is CN(CC(=O)c1cccc(Br)c1)Cc1cnn(C)c1. The number of carbonyl (C=O) groups excluding carboxylic acids is 1. The van der Waals surface area contributed by atoms with Crippen LogP contribution in [0.5, 0.6) is 0 Å². The van der Waals surface area contributed by atoms with Crippen molar-refractivity contribution in [1.82, 2.24) is 14.7 Å². The number of nitrogens with zero attached hydrogens (tertiary/aromatic N) is 3. The third kappa shape index (κ3) is 4.01. The molecule has 0 unspecified atom stereocenters. The number of ketones is 1. The molecule has 0 aliphatic carbocycles. The van der Waals surface area contributed by atoms with E-state index in [2.05, 4.69) is 21.0 Å². The lowest BCUT2D eigenvalue weighted by atomic mass is 10.1. The Balaban J connectivity index is 1.95. The first-order chi connectivity index (χ1) is 9.04. The maximum Gasteiger partial charge on any atom is 0.176 e. The number of benzene rings is 1. The standard InChI is InChI=1S/C14H16BrN3O/c1-17(8-11-7-16-18(2)9-11)10-14(19)12-4-3-5-13(15)6-12/h3-7,9H,8,10H2,1-2H3. The van der Waals surface area contributed by atoms with Gasteiger partial charge in [0.25, 0.3) is 0 Å². The minimum atomic E-state index is 0.118. The number of aryl methyl sites for hydroxylation is 1. The van der Waals surface area contributed by atoms with Crippen LogP contribution in [-0.4, -0.2) is 34.1 Å². The van der Waals surface area contributed by atoms with Gasteiger partial charge in [0.2, 0.25) is 0 Å². The van der Waals surface area contributed by atoms with Crippen LogP contribution in [0.15, 0.2) is 41.1 Å². The van der Waals surface area contributed by atoms with Crippen molar-refractivity contribution in [3.63, 3.8) is 0 Å². The number of hydrogen-bond acceptors (Lipinski definition) is 3. The zero-order valence-corrected chi connectivity index (χ0v) is 12.6. The van der Waals surface area contributed by atoms with Crippen molar-refractivity contribution >= 4 is 21.7 Å². The summed E-state index contributed by atoms with van der Waals surface area (Å²) in [6.07, 6.45) is 3.78. The van der Waals surface area contributed by atoms with Crippen molar-refractivity contribution in [3.05, 3.63) is 52.3 Å². The molecule has 0 spiro atoms. The van der Waals surface area contributed by atoms with E-state index in [4.69, 9.17) is 0 Å². The van der Waals surface area contributed by atoms with Gasteiger partial charge < -0.3 is 0 Å². The maximum atomic E-state index is 12.1. The molecule has 0 radical (unpaired) electrons. The van der Waals surface area contributed by atoms with Crippen molar-refractivity contribution in [2.75, 3.05) is 13.6 Å². The lowest BCUT2D eigenvalue weighted by Gasteiger charge is -2.14. The summed E-state index contributed by atoms with van der Waals surface area (Å²) in [7, 11) is 3.82. The fourth-order valence-corrected chi connectivity index (χ4v) is 2.32. The number of hydrogen-bond donors (Lipinski definition) is 0. The van der Waals surface area contributed by atoms with Crippen molar-refractivity contribution in [3.8, 4) is 0 Å². The second-order valence-corrected chi connectivity index (χ2v) is 5.54. The lowest BCUT2D eigenvalue weighted by Crippen LogP contribution is -2.25.